The second-order valence-corrected chi connectivity index (χ2v) is 6.15. The summed E-state index contributed by atoms with van der Waals surface area (Å²) in [7, 11) is -0.331. The van der Waals surface area contributed by atoms with Crippen LogP contribution in [-0.4, -0.2) is 26.8 Å². The molecule has 1 aromatic carbocycles. The van der Waals surface area contributed by atoms with Gasteiger partial charge in [0.2, 0.25) is 10.0 Å². The maximum atomic E-state index is 12.1. The Hall–Kier alpha value is -0.910. The van der Waals surface area contributed by atoms with E-state index < -0.39 is 10.0 Å². The molecule has 0 unspecified atom stereocenters. The van der Waals surface area contributed by atoms with Gasteiger partial charge in [0.1, 0.15) is 0 Å². The largest absolute Gasteiger partial charge is 0.326 e. The molecular weight excluding hydrogens is 224 g/mol. The smallest absolute Gasteiger partial charge is 0.242 e. The lowest BCUT2D eigenvalue weighted by Gasteiger charge is -2.16. The molecule has 1 aromatic rings. The van der Waals surface area contributed by atoms with Gasteiger partial charge in [-0.2, -0.15) is 0 Å². The fourth-order valence-corrected chi connectivity index (χ4v) is 2.72. The van der Waals surface area contributed by atoms with Crippen LogP contribution in [0.3, 0.4) is 0 Å². The molecule has 16 heavy (non-hydrogen) atoms. The van der Waals surface area contributed by atoms with Gasteiger partial charge in [-0.1, -0.05) is 6.07 Å². The molecule has 4 nitrogen and oxygen atoms in total. The third kappa shape index (κ3) is 2.26. The minimum atomic E-state index is -3.38. The van der Waals surface area contributed by atoms with Gasteiger partial charge in [0.15, 0.2) is 0 Å². The van der Waals surface area contributed by atoms with Crippen LogP contribution in [0.15, 0.2) is 17.0 Å². The molecule has 0 radical (unpaired) electrons. The van der Waals surface area contributed by atoms with E-state index in [1.165, 1.54) is 18.4 Å². The highest BCUT2D eigenvalue weighted by Gasteiger charge is 2.20. The van der Waals surface area contributed by atoms with Crippen molar-refractivity contribution in [2.45, 2.75) is 25.3 Å². The van der Waals surface area contributed by atoms with Gasteiger partial charge in [0.05, 0.1) is 4.90 Å². The lowest BCUT2D eigenvalue weighted by atomic mass is 10.1. The van der Waals surface area contributed by atoms with Crippen LogP contribution in [0.2, 0.25) is 0 Å². The Morgan fingerprint density at radius 1 is 1.25 bits per heavy atom. The Labute approximate surface area is 97.1 Å². The average Bonchev–Trinajstić information content (AvgIpc) is 2.21. The number of nitrogens with zero attached hydrogens (tertiary/aromatic N) is 1. The topological polar surface area (TPSA) is 63.4 Å². The number of benzene rings is 1. The van der Waals surface area contributed by atoms with E-state index in [0.29, 0.717) is 11.4 Å². The molecular formula is C11H18N2O2S. The van der Waals surface area contributed by atoms with Crippen molar-refractivity contribution in [3.8, 4) is 0 Å². The highest BCUT2D eigenvalue weighted by molar-refractivity contribution is 7.89. The normalized spacial score (nSPS) is 12.1. The van der Waals surface area contributed by atoms with Crippen LogP contribution in [0.5, 0.6) is 0 Å². The fourth-order valence-electron chi connectivity index (χ4n) is 1.48. The Balaban J connectivity index is 3.51. The van der Waals surface area contributed by atoms with Crippen LogP contribution in [0.1, 0.15) is 16.7 Å². The van der Waals surface area contributed by atoms with Crippen molar-refractivity contribution in [1.82, 2.24) is 4.31 Å². The highest BCUT2D eigenvalue weighted by Crippen LogP contribution is 2.22. The van der Waals surface area contributed by atoms with Gasteiger partial charge in [-0.3, -0.25) is 0 Å². The first-order valence-corrected chi connectivity index (χ1v) is 6.47. The van der Waals surface area contributed by atoms with Crippen molar-refractivity contribution in [2.75, 3.05) is 14.1 Å². The number of hydrogen-bond donors (Lipinski definition) is 1. The van der Waals surface area contributed by atoms with Crippen LogP contribution in [0.4, 0.5) is 0 Å². The molecule has 0 atom stereocenters. The molecule has 0 saturated heterocycles. The van der Waals surface area contributed by atoms with Crippen molar-refractivity contribution in [2.24, 2.45) is 5.73 Å². The van der Waals surface area contributed by atoms with E-state index in [1.807, 2.05) is 19.9 Å². The lowest BCUT2D eigenvalue weighted by molar-refractivity contribution is 0.520. The van der Waals surface area contributed by atoms with Gasteiger partial charge in [-0.15, -0.1) is 0 Å². The van der Waals surface area contributed by atoms with E-state index in [9.17, 15) is 8.42 Å². The van der Waals surface area contributed by atoms with E-state index in [4.69, 9.17) is 5.73 Å². The Morgan fingerprint density at radius 2 is 1.81 bits per heavy atom. The van der Waals surface area contributed by atoms with Crippen molar-refractivity contribution in [1.29, 1.82) is 0 Å². The predicted octanol–water partition coefficient (Wildman–Crippen LogP) is 1.01. The van der Waals surface area contributed by atoms with Crippen molar-refractivity contribution in [3.05, 3.63) is 28.8 Å². The first kappa shape index (κ1) is 13.2. The molecule has 0 aliphatic rings. The summed E-state index contributed by atoms with van der Waals surface area (Å²) in [5.74, 6) is 0. The summed E-state index contributed by atoms with van der Waals surface area (Å²) in [4.78, 5) is 0.345. The molecule has 1 rings (SSSR count). The number of hydrogen-bond acceptors (Lipinski definition) is 3. The third-order valence-corrected chi connectivity index (χ3v) is 4.62. The molecule has 0 aromatic heterocycles. The van der Waals surface area contributed by atoms with Crippen molar-refractivity contribution < 1.29 is 8.42 Å². The van der Waals surface area contributed by atoms with Crippen LogP contribution in [0, 0.1) is 13.8 Å². The number of aryl methyl sites for hydroxylation is 1. The molecule has 0 spiro atoms. The lowest BCUT2D eigenvalue weighted by Crippen LogP contribution is -2.23. The third-order valence-electron chi connectivity index (χ3n) is 2.67. The summed E-state index contributed by atoms with van der Waals surface area (Å²) >= 11 is 0. The molecule has 90 valence electrons. The summed E-state index contributed by atoms with van der Waals surface area (Å²) in [5, 5.41) is 0. The number of nitrogens with two attached hydrogens (primary N) is 1. The van der Waals surface area contributed by atoms with Gasteiger partial charge in [0.25, 0.3) is 0 Å². The summed E-state index contributed by atoms with van der Waals surface area (Å²) in [6, 6.07) is 3.57. The van der Waals surface area contributed by atoms with Gasteiger partial charge < -0.3 is 5.73 Å². The molecule has 5 heteroatoms. The molecule has 0 heterocycles. The maximum absolute atomic E-state index is 12.1. The summed E-state index contributed by atoms with van der Waals surface area (Å²) in [5.41, 5.74) is 8.12. The van der Waals surface area contributed by atoms with Crippen molar-refractivity contribution >= 4 is 10.0 Å². The Morgan fingerprint density at radius 3 is 2.25 bits per heavy atom. The molecule has 0 amide bonds. The minimum absolute atomic E-state index is 0.344. The summed E-state index contributed by atoms with van der Waals surface area (Å²) < 4.78 is 25.3. The molecule has 0 bridgehead atoms. The summed E-state index contributed by atoms with van der Waals surface area (Å²) in [6.07, 6.45) is 0. The standard InChI is InChI=1S/C11H18N2O2S/c1-8-5-10(7-12)6-11(9(8)2)16(14,15)13(3)4/h5-6H,7,12H2,1-4H3. The SMILES string of the molecule is Cc1cc(CN)cc(S(=O)(=O)N(C)C)c1C. The first-order chi connectivity index (χ1) is 7.30. The van der Waals surface area contributed by atoms with Crippen LogP contribution in [-0.2, 0) is 16.6 Å². The zero-order valence-corrected chi connectivity index (χ0v) is 10.9. The molecule has 0 saturated carbocycles. The van der Waals surface area contributed by atoms with E-state index in [1.54, 1.807) is 6.07 Å². The highest BCUT2D eigenvalue weighted by atomic mass is 32.2. The molecule has 0 aliphatic carbocycles. The van der Waals surface area contributed by atoms with Crippen LogP contribution < -0.4 is 5.73 Å². The predicted molar refractivity (Wildman–Crippen MR) is 64.7 cm³/mol. The van der Waals surface area contributed by atoms with Gasteiger partial charge in [0, 0.05) is 20.6 Å². The van der Waals surface area contributed by atoms with E-state index >= 15 is 0 Å². The van der Waals surface area contributed by atoms with Crippen molar-refractivity contribution in [3.63, 3.8) is 0 Å². The first-order valence-electron chi connectivity index (χ1n) is 5.03. The van der Waals surface area contributed by atoms with Gasteiger partial charge in [-0.25, -0.2) is 12.7 Å². The molecule has 0 aliphatic heterocycles. The quantitative estimate of drug-likeness (QED) is 0.860. The number of rotatable bonds is 3. The zero-order chi connectivity index (χ0) is 12.5. The monoisotopic (exact) mass is 242 g/mol. The average molecular weight is 242 g/mol. The minimum Gasteiger partial charge on any atom is -0.326 e. The van der Waals surface area contributed by atoms with Gasteiger partial charge >= 0.3 is 0 Å². The Bertz CT molecular complexity index is 493. The zero-order valence-electron chi connectivity index (χ0n) is 10.1. The Kier molecular flexibility index (Phi) is 3.72. The second-order valence-electron chi connectivity index (χ2n) is 4.03. The van der Waals surface area contributed by atoms with E-state index in [-0.39, 0.29) is 0 Å². The number of sulfonamides is 1. The summed E-state index contributed by atoms with van der Waals surface area (Å²) in [6.45, 7) is 4.05. The van der Waals surface area contributed by atoms with E-state index in [0.717, 1.165) is 16.7 Å². The maximum Gasteiger partial charge on any atom is 0.242 e. The second kappa shape index (κ2) is 4.53. The van der Waals surface area contributed by atoms with E-state index in [2.05, 4.69) is 0 Å². The molecule has 2 N–H and O–H groups in total. The van der Waals surface area contributed by atoms with Crippen LogP contribution >= 0.6 is 0 Å². The molecule has 0 fully saturated rings. The fraction of sp³-hybridized carbons (Fsp3) is 0.455. The van der Waals surface area contributed by atoms with Gasteiger partial charge in [-0.05, 0) is 36.6 Å². The van der Waals surface area contributed by atoms with Crippen LogP contribution in [0.25, 0.3) is 0 Å².